The monoisotopic (exact) mass is 416 g/mol. The molecule has 3 aromatic rings. The number of piperidine rings is 1. The number of aromatic nitrogens is 2. The van der Waals surface area contributed by atoms with E-state index in [-0.39, 0.29) is 11.8 Å². The number of carbonyl (C=O) groups is 1. The van der Waals surface area contributed by atoms with Crippen molar-refractivity contribution in [1.82, 2.24) is 9.97 Å². The van der Waals surface area contributed by atoms with E-state index in [1.165, 1.54) is 0 Å². The predicted molar refractivity (Wildman–Crippen MR) is 124 cm³/mol. The van der Waals surface area contributed by atoms with Crippen LogP contribution in [-0.4, -0.2) is 36.1 Å². The van der Waals surface area contributed by atoms with Gasteiger partial charge in [-0.3, -0.25) is 4.79 Å². The van der Waals surface area contributed by atoms with Crippen LogP contribution in [0.25, 0.3) is 11.3 Å². The molecule has 31 heavy (non-hydrogen) atoms. The van der Waals surface area contributed by atoms with E-state index in [1.807, 2.05) is 56.3 Å². The SMILES string of the molecule is COc1ccc(-c2cc(N3CCC(C(=O)Nc4cc(C)cc(C)c4)CC3)ncn2)cc1. The van der Waals surface area contributed by atoms with Crippen LogP contribution in [0.1, 0.15) is 24.0 Å². The van der Waals surface area contributed by atoms with Gasteiger partial charge < -0.3 is 15.0 Å². The summed E-state index contributed by atoms with van der Waals surface area (Å²) in [7, 11) is 1.66. The number of amides is 1. The molecule has 1 amide bonds. The molecule has 0 atom stereocenters. The lowest BCUT2D eigenvalue weighted by molar-refractivity contribution is -0.120. The van der Waals surface area contributed by atoms with Crippen LogP contribution in [0.5, 0.6) is 5.75 Å². The van der Waals surface area contributed by atoms with Crippen LogP contribution in [-0.2, 0) is 4.79 Å². The molecule has 2 heterocycles. The molecule has 1 N–H and O–H groups in total. The molecule has 0 spiro atoms. The van der Waals surface area contributed by atoms with Crippen LogP contribution in [0.15, 0.2) is 54.9 Å². The highest BCUT2D eigenvalue weighted by Crippen LogP contribution is 2.27. The molecule has 0 unspecified atom stereocenters. The summed E-state index contributed by atoms with van der Waals surface area (Å²) in [5, 5.41) is 3.09. The third-order valence-electron chi connectivity index (χ3n) is 5.72. The number of nitrogens with one attached hydrogen (secondary N) is 1. The number of methoxy groups -OCH3 is 1. The summed E-state index contributed by atoms with van der Waals surface area (Å²) in [5.41, 5.74) is 5.09. The van der Waals surface area contributed by atoms with Gasteiger partial charge in [0.2, 0.25) is 5.91 Å². The van der Waals surface area contributed by atoms with Crippen molar-refractivity contribution in [3.63, 3.8) is 0 Å². The largest absolute Gasteiger partial charge is 0.497 e. The maximum atomic E-state index is 12.8. The van der Waals surface area contributed by atoms with Crippen LogP contribution in [0, 0.1) is 19.8 Å². The van der Waals surface area contributed by atoms with E-state index in [4.69, 9.17) is 4.74 Å². The quantitative estimate of drug-likeness (QED) is 0.657. The third kappa shape index (κ3) is 5.02. The number of rotatable bonds is 5. The zero-order valence-corrected chi connectivity index (χ0v) is 18.3. The van der Waals surface area contributed by atoms with Gasteiger partial charge in [-0.05, 0) is 74.2 Å². The molecule has 1 aromatic heterocycles. The van der Waals surface area contributed by atoms with Gasteiger partial charge >= 0.3 is 0 Å². The van der Waals surface area contributed by atoms with Crippen LogP contribution in [0.3, 0.4) is 0 Å². The van der Waals surface area contributed by atoms with E-state index in [0.29, 0.717) is 0 Å². The number of anilines is 2. The average Bonchev–Trinajstić information content (AvgIpc) is 2.78. The Labute approximate surface area is 183 Å². The highest BCUT2D eigenvalue weighted by atomic mass is 16.5. The third-order valence-corrected chi connectivity index (χ3v) is 5.72. The second-order valence-electron chi connectivity index (χ2n) is 8.12. The molecule has 1 fully saturated rings. The summed E-state index contributed by atoms with van der Waals surface area (Å²) in [6, 6.07) is 16.0. The number of benzene rings is 2. The van der Waals surface area contributed by atoms with Crippen molar-refractivity contribution in [2.45, 2.75) is 26.7 Å². The predicted octanol–water partition coefficient (Wildman–Crippen LogP) is 4.62. The van der Waals surface area contributed by atoms with Crippen molar-refractivity contribution < 1.29 is 9.53 Å². The molecule has 6 nitrogen and oxygen atoms in total. The summed E-state index contributed by atoms with van der Waals surface area (Å²) < 4.78 is 5.23. The second-order valence-corrected chi connectivity index (χ2v) is 8.12. The topological polar surface area (TPSA) is 67.3 Å². The molecule has 0 saturated carbocycles. The number of hydrogen-bond acceptors (Lipinski definition) is 5. The summed E-state index contributed by atoms with van der Waals surface area (Å²) >= 11 is 0. The van der Waals surface area contributed by atoms with Gasteiger partial charge in [0, 0.05) is 36.3 Å². The highest BCUT2D eigenvalue weighted by Gasteiger charge is 2.26. The van der Waals surface area contributed by atoms with E-state index in [2.05, 4.69) is 26.3 Å². The van der Waals surface area contributed by atoms with Crippen LogP contribution in [0.2, 0.25) is 0 Å². The van der Waals surface area contributed by atoms with Gasteiger partial charge in [-0.1, -0.05) is 6.07 Å². The number of aryl methyl sites for hydroxylation is 2. The fourth-order valence-electron chi connectivity index (χ4n) is 4.10. The molecule has 1 aliphatic heterocycles. The Morgan fingerprint density at radius 2 is 1.68 bits per heavy atom. The van der Waals surface area contributed by atoms with Crippen molar-refractivity contribution in [2.75, 3.05) is 30.4 Å². The molecule has 2 aromatic carbocycles. The lowest BCUT2D eigenvalue weighted by Gasteiger charge is -2.32. The Kier molecular flexibility index (Phi) is 6.16. The summed E-state index contributed by atoms with van der Waals surface area (Å²) in [5.74, 6) is 1.83. The first-order valence-corrected chi connectivity index (χ1v) is 10.6. The van der Waals surface area contributed by atoms with Gasteiger partial charge in [-0.2, -0.15) is 0 Å². The second kappa shape index (κ2) is 9.16. The Bertz CT molecular complexity index is 1040. The summed E-state index contributed by atoms with van der Waals surface area (Å²) in [6.45, 7) is 5.68. The molecule has 1 saturated heterocycles. The van der Waals surface area contributed by atoms with Crippen LogP contribution < -0.4 is 15.0 Å². The van der Waals surface area contributed by atoms with Crippen molar-refractivity contribution >= 4 is 17.4 Å². The zero-order chi connectivity index (χ0) is 21.8. The fraction of sp³-hybridized carbons (Fsp3) is 0.320. The van der Waals surface area contributed by atoms with Gasteiger partial charge in [0.05, 0.1) is 12.8 Å². The summed E-state index contributed by atoms with van der Waals surface area (Å²) in [6.07, 6.45) is 3.21. The van der Waals surface area contributed by atoms with Crippen LogP contribution >= 0.6 is 0 Å². The molecule has 0 aliphatic carbocycles. The molecular weight excluding hydrogens is 388 g/mol. The first-order valence-electron chi connectivity index (χ1n) is 10.6. The van der Waals surface area contributed by atoms with Crippen molar-refractivity contribution in [1.29, 1.82) is 0 Å². The van der Waals surface area contributed by atoms with E-state index in [1.54, 1.807) is 13.4 Å². The first kappa shape index (κ1) is 20.8. The maximum absolute atomic E-state index is 12.8. The number of hydrogen-bond donors (Lipinski definition) is 1. The van der Waals surface area contributed by atoms with Crippen molar-refractivity contribution in [3.8, 4) is 17.0 Å². The van der Waals surface area contributed by atoms with E-state index >= 15 is 0 Å². The van der Waals surface area contributed by atoms with Gasteiger partial charge in [-0.25, -0.2) is 9.97 Å². The maximum Gasteiger partial charge on any atom is 0.227 e. The minimum absolute atomic E-state index is 0.0139. The Morgan fingerprint density at radius 3 is 2.32 bits per heavy atom. The van der Waals surface area contributed by atoms with Crippen molar-refractivity contribution in [2.24, 2.45) is 5.92 Å². The van der Waals surface area contributed by atoms with E-state index < -0.39 is 0 Å². The lowest BCUT2D eigenvalue weighted by atomic mass is 9.95. The average molecular weight is 417 g/mol. The minimum Gasteiger partial charge on any atom is -0.497 e. The smallest absolute Gasteiger partial charge is 0.227 e. The fourth-order valence-corrected chi connectivity index (χ4v) is 4.10. The van der Waals surface area contributed by atoms with Crippen LogP contribution in [0.4, 0.5) is 11.5 Å². The number of ether oxygens (including phenoxy) is 1. The highest BCUT2D eigenvalue weighted by molar-refractivity contribution is 5.92. The van der Waals surface area contributed by atoms with Gasteiger partial charge in [0.25, 0.3) is 0 Å². The Hall–Kier alpha value is -3.41. The van der Waals surface area contributed by atoms with Gasteiger partial charge in [-0.15, -0.1) is 0 Å². The Balaban J connectivity index is 1.38. The Morgan fingerprint density at radius 1 is 1.00 bits per heavy atom. The molecule has 160 valence electrons. The van der Waals surface area contributed by atoms with E-state index in [9.17, 15) is 4.79 Å². The van der Waals surface area contributed by atoms with Gasteiger partial charge in [0.15, 0.2) is 0 Å². The van der Waals surface area contributed by atoms with E-state index in [0.717, 1.165) is 65.6 Å². The normalized spacial score (nSPS) is 14.4. The lowest BCUT2D eigenvalue weighted by Crippen LogP contribution is -2.38. The minimum atomic E-state index is 0.0139. The molecule has 6 heteroatoms. The zero-order valence-electron chi connectivity index (χ0n) is 18.3. The number of carbonyl (C=O) groups excluding carboxylic acids is 1. The molecule has 4 rings (SSSR count). The molecule has 1 aliphatic rings. The van der Waals surface area contributed by atoms with Gasteiger partial charge in [0.1, 0.15) is 17.9 Å². The summed E-state index contributed by atoms with van der Waals surface area (Å²) in [4.78, 5) is 23.9. The standard InChI is InChI=1S/C25H28N4O2/c1-17-12-18(2)14-21(13-17)28-25(30)20-8-10-29(11-9-20)24-15-23(26-16-27-24)19-4-6-22(31-3)7-5-19/h4-7,12-16,20H,8-11H2,1-3H3,(H,28,30). The number of nitrogens with zero attached hydrogens (tertiary/aromatic N) is 3. The molecular formula is C25H28N4O2. The first-order chi connectivity index (χ1) is 15.0. The van der Waals surface area contributed by atoms with Crippen molar-refractivity contribution in [3.05, 3.63) is 66.0 Å². The molecule has 0 radical (unpaired) electrons. The molecule has 0 bridgehead atoms.